The first-order chi connectivity index (χ1) is 9.99. The van der Waals surface area contributed by atoms with E-state index in [2.05, 4.69) is 47.8 Å². The predicted octanol–water partition coefficient (Wildman–Crippen LogP) is 2.15. The Morgan fingerprint density at radius 3 is 2.38 bits per heavy atom. The lowest BCUT2D eigenvalue weighted by molar-refractivity contribution is 0.416. The molecule has 0 unspecified atom stereocenters. The summed E-state index contributed by atoms with van der Waals surface area (Å²) in [4.78, 5) is 18.0. The van der Waals surface area contributed by atoms with E-state index in [-0.39, 0.29) is 0 Å². The Morgan fingerprint density at radius 1 is 1.00 bits per heavy atom. The van der Waals surface area contributed by atoms with Gasteiger partial charge in [0.25, 0.3) is 0 Å². The average molecular weight is 285 g/mol. The van der Waals surface area contributed by atoms with Crippen LogP contribution in [-0.2, 0) is 0 Å². The summed E-state index contributed by atoms with van der Waals surface area (Å²) >= 11 is 0. The Morgan fingerprint density at radius 2 is 1.76 bits per heavy atom. The molecule has 2 aromatic heterocycles. The highest BCUT2D eigenvalue weighted by atomic mass is 15.2. The van der Waals surface area contributed by atoms with Gasteiger partial charge in [0.2, 0.25) is 0 Å². The maximum absolute atomic E-state index is 4.72. The maximum atomic E-state index is 4.72. The second-order valence-corrected chi connectivity index (χ2v) is 5.52. The first kappa shape index (κ1) is 15.4. The molecule has 0 N–H and O–H groups in total. The fourth-order valence-electron chi connectivity index (χ4n) is 2.05. The van der Waals surface area contributed by atoms with Crippen molar-refractivity contribution in [3.8, 4) is 11.5 Å². The normalized spacial score (nSPS) is 11.0. The van der Waals surface area contributed by atoms with Crippen molar-refractivity contribution in [3.05, 3.63) is 35.7 Å². The van der Waals surface area contributed by atoms with Crippen LogP contribution in [-0.4, -0.2) is 54.1 Å². The second kappa shape index (κ2) is 6.63. The van der Waals surface area contributed by atoms with E-state index in [0.29, 0.717) is 5.82 Å². The maximum Gasteiger partial charge on any atom is 0.180 e. The van der Waals surface area contributed by atoms with Crippen molar-refractivity contribution in [3.63, 3.8) is 0 Å². The molecule has 0 saturated heterocycles. The Hall–Kier alpha value is -2.01. The molecule has 0 bridgehead atoms. The second-order valence-electron chi connectivity index (χ2n) is 5.52. The van der Waals surface area contributed by atoms with Gasteiger partial charge >= 0.3 is 0 Å². The van der Waals surface area contributed by atoms with Gasteiger partial charge in [-0.2, -0.15) is 0 Å². The van der Waals surface area contributed by atoms with Gasteiger partial charge in [0.05, 0.1) is 0 Å². The summed E-state index contributed by atoms with van der Waals surface area (Å²) in [6, 6.07) is 5.79. The van der Waals surface area contributed by atoms with E-state index in [1.54, 1.807) is 6.20 Å². The smallest absolute Gasteiger partial charge is 0.180 e. The molecule has 0 amide bonds. The topological polar surface area (TPSA) is 45.2 Å². The molecule has 0 aliphatic carbocycles. The van der Waals surface area contributed by atoms with E-state index >= 15 is 0 Å². The number of hydrogen-bond donors (Lipinski definition) is 0. The summed E-state index contributed by atoms with van der Waals surface area (Å²) in [5.74, 6) is 1.66. The molecule has 112 valence electrons. The minimum atomic E-state index is 0.686. The SMILES string of the molecule is Cc1nc(-c2ccccn2)nc(N(C)CCN(C)C)c1C. The lowest BCUT2D eigenvalue weighted by atomic mass is 10.2. The molecular formula is C16H23N5. The monoisotopic (exact) mass is 285 g/mol. The van der Waals surface area contributed by atoms with Crippen LogP contribution in [0.5, 0.6) is 0 Å². The zero-order chi connectivity index (χ0) is 15.4. The van der Waals surface area contributed by atoms with Crippen LogP contribution in [0.4, 0.5) is 5.82 Å². The minimum Gasteiger partial charge on any atom is -0.358 e. The number of anilines is 1. The van der Waals surface area contributed by atoms with Gasteiger partial charge in [0.1, 0.15) is 11.5 Å². The first-order valence-corrected chi connectivity index (χ1v) is 7.11. The number of hydrogen-bond acceptors (Lipinski definition) is 5. The molecule has 0 aromatic carbocycles. The van der Waals surface area contributed by atoms with Crippen LogP contribution in [0.1, 0.15) is 11.3 Å². The van der Waals surface area contributed by atoms with Crippen molar-refractivity contribution in [1.82, 2.24) is 19.9 Å². The Kier molecular flexibility index (Phi) is 4.85. The molecule has 0 aliphatic rings. The summed E-state index contributed by atoms with van der Waals surface area (Å²) in [6.45, 7) is 6.00. The van der Waals surface area contributed by atoms with Crippen LogP contribution in [0.15, 0.2) is 24.4 Å². The summed E-state index contributed by atoms with van der Waals surface area (Å²) < 4.78 is 0. The van der Waals surface area contributed by atoms with Crippen molar-refractivity contribution in [2.45, 2.75) is 13.8 Å². The third kappa shape index (κ3) is 3.76. The van der Waals surface area contributed by atoms with Crippen LogP contribution in [0, 0.1) is 13.8 Å². The molecule has 0 spiro atoms. The fourth-order valence-corrected chi connectivity index (χ4v) is 2.05. The highest BCUT2D eigenvalue weighted by Gasteiger charge is 2.13. The van der Waals surface area contributed by atoms with Crippen LogP contribution in [0.3, 0.4) is 0 Å². The zero-order valence-corrected chi connectivity index (χ0v) is 13.5. The third-order valence-corrected chi connectivity index (χ3v) is 3.50. The number of likely N-dealkylation sites (N-methyl/N-ethyl adjacent to an activating group) is 2. The van der Waals surface area contributed by atoms with Gasteiger partial charge in [-0.25, -0.2) is 9.97 Å². The van der Waals surface area contributed by atoms with Gasteiger partial charge < -0.3 is 9.80 Å². The number of nitrogens with zero attached hydrogens (tertiary/aromatic N) is 5. The number of aryl methyl sites for hydroxylation is 1. The van der Waals surface area contributed by atoms with Gasteiger partial charge in [-0.15, -0.1) is 0 Å². The van der Waals surface area contributed by atoms with E-state index in [4.69, 9.17) is 4.98 Å². The molecule has 0 saturated carbocycles. The lowest BCUT2D eigenvalue weighted by Crippen LogP contribution is -2.30. The van der Waals surface area contributed by atoms with Gasteiger partial charge in [-0.05, 0) is 40.1 Å². The average Bonchev–Trinajstić information content (AvgIpc) is 2.48. The summed E-state index contributed by atoms with van der Waals surface area (Å²) in [7, 11) is 6.22. The fraction of sp³-hybridized carbons (Fsp3) is 0.438. The molecule has 2 heterocycles. The zero-order valence-electron chi connectivity index (χ0n) is 13.5. The van der Waals surface area contributed by atoms with E-state index in [1.165, 1.54) is 0 Å². The third-order valence-electron chi connectivity index (χ3n) is 3.50. The minimum absolute atomic E-state index is 0.686. The molecule has 0 radical (unpaired) electrons. The molecule has 21 heavy (non-hydrogen) atoms. The van der Waals surface area contributed by atoms with Crippen molar-refractivity contribution in [2.24, 2.45) is 0 Å². The molecule has 5 heteroatoms. The molecule has 2 aromatic rings. The van der Waals surface area contributed by atoms with Crippen molar-refractivity contribution in [2.75, 3.05) is 39.1 Å². The van der Waals surface area contributed by atoms with Gasteiger partial charge in [0.15, 0.2) is 5.82 Å². The van der Waals surface area contributed by atoms with E-state index in [1.807, 2.05) is 25.1 Å². The van der Waals surface area contributed by atoms with Gasteiger partial charge in [-0.3, -0.25) is 4.98 Å². The van der Waals surface area contributed by atoms with E-state index in [9.17, 15) is 0 Å². The Balaban J connectivity index is 2.35. The highest BCUT2D eigenvalue weighted by Crippen LogP contribution is 2.22. The largest absolute Gasteiger partial charge is 0.358 e. The first-order valence-electron chi connectivity index (χ1n) is 7.11. The molecule has 0 fully saturated rings. The Bertz CT molecular complexity index is 595. The number of aromatic nitrogens is 3. The number of rotatable bonds is 5. The molecular weight excluding hydrogens is 262 g/mol. The predicted molar refractivity (Wildman–Crippen MR) is 86.6 cm³/mol. The quantitative estimate of drug-likeness (QED) is 0.842. The Labute approximate surface area is 126 Å². The van der Waals surface area contributed by atoms with Crippen molar-refractivity contribution >= 4 is 5.82 Å². The summed E-state index contributed by atoms with van der Waals surface area (Å²) in [6.07, 6.45) is 1.77. The van der Waals surface area contributed by atoms with E-state index in [0.717, 1.165) is 35.9 Å². The molecule has 2 rings (SSSR count). The highest BCUT2D eigenvalue weighted by molar-refractivity contribution is 5.56. The van der Waals surface area contributed by atoms with Crippen molar-refractivity contribution < 1.29 is 0 Å². The van der Waals surface area contributed by atoms with Gasteiger partial charge in [-0.1, -0.05) is 6.07 Å². The molecule has 0 atom stereocenters. The van der Waals surface area contributed by atoms with Crippen LogP contribution in [0.2, 0.25) is 0 Å². The molecule has 0 aliphatic heterocycles. The van der Waals surface area contributed by atoms with E-state index < -0.39 is 0 Å². The summed E-state index contributed by atoms with van der Waals surface area (Å²) in [5, 5.41) is 0. The van der Waals surface area contributed by atoms with Crippen LogP contribution < -0.4 is 4.90 Å². The van der Waals surface area contributed by atoms with Gasteiger partial charge in [0, 0.05) is 37.6 Å². The lowest BCUT2D eigenvalue weighted by Gasteiger charge is -2.23. The summed E-state index contributed by atoms with van der Waals surface area (Å²) in [5.41, 5.74) is 2.93. The standard InChI is InChI=1S/C16H23N5/c1-12-13(2)18-15(14-8-6-7-9-17-14)19-16(12)21(5)11-10-20(3)4/h6-9H,10-11H2,1-5H3. The number of pyridine rings is 1. The van der Waals surface area contributed by atoms with Crippen LogP contribution >= 0.6 is 0 Å². The van der Waals surface area contributed by atoms with Crippen molar-refractivity contribution in [1.29, 1.82) is 0 Å². The molecule has 5 nitrogen and oxygen atoms in total. The van der Waals surface area contributed by atoms with Crippen LogP contribution in [0.25, 0.3) is 11.5 Å².